The molecule has 0 spiro atoms. The quantitative estimate of drug-likeness (QED) is 0.446. The van der Waals surface area contributed by atoms with E-state index in [0.29, 0.717) is 17.7 Å². The predicted molar refractivity (Wildman–Crippen MR) is 152 cm³/mol. The SMILES string of the molecule is CCN(CC)c1ccc2c(c1)Oc1cc(N(CC)CC)ccc1CN(NC(N)=O)C(=O)c1ccccc1C2. The molecule has 8 nitrogen and oxygen atoms in total. The van der Waals surface area contributed by atoms with E-state index in [1.54, 1.807) is 6.07 Å². The Morgan fingerprint density at radius 1 is 0.842 bits per heavy atom. The van der Waals surface area contributed by atoms with Gasteiger partial charge in [-0.05, 0) is 57.0 Å². The van der Waals surface area contributed by atoms with Crippen molar-refractivity contribution in [3.05, 3.63) is 82.9 Å². The predicted octanol–water partition coefficient (Wildman–Crippen LogP) is 5.30. The molecule has 8 heteroatoms. The van der Waals surface area contributed by atoms with Gasteiger partial charge in [0.15, 0.2) is 0 Å². The Morgan fingerprint density at radius 2 is 1.39 bits per heavy atom. The molecule has 0 radical (unpaired) electrons. The minimum absolute atomic E-state index is 0.0923. The molecule has 1 heterocycles. The molecule has 0 saturated carbocycles. The second-order valence-corrected chi connectivity index (χ2v) is 9.23. The summed E-state index contributed by atoms with van der Waals surface area (Å²) in [5, 5.41) is 1.26. The van der Waals surface area contributed by atoms with Crippen molar-refractivity contribution in [2.75, 3.05) is 36.0 Å². The van der Waals surface area contributed by atoms with Gasteiger partial charge in [0, 0.05) is 67.2 Å². The Bertz CT molecular complexity index is 1300. The summed E-state index contributed by atoms with van der Waals surface area (Å²) in [6.07, 6.45) is 0.491. The number of nitrogens with zero attached hydrogens (tertiary/aromatic N) is 3. The highest BCUT2D eigenvalue weighted by Gasteiger charge is 2.25. The number of amides is 3. The van der Waals surface area contributed by atoms with Crippen LogP contribution >= 0.6 is 0 Å². The number of nitrogens with two attached hydrogens (primary N) is 1. The lowest BCUT2D eigenvalue weighted by Gasteiger charge is -2.26. The second kappa shape index (κ2) is 11.9. The van der Waals surface area contributed by atoms with Gasteiger partial charge in [0.1, 0.15) is 11.5 Å². The van der Waals surface area contributed by atoms with E-state index in [0.717, 1.165) is 60.0 Å². The van der Waals surface area contributed by atoms with Gasteiger partial charge in [-0.3, -0.25) is 4.79 Å². The second-order valence-electron chi connectivity index (χ2n) is 9.23. The maximum Gasteiger partial charge on any atom is 0.331 e. The zero-order valence-electron chi connectivity index (χ0n) is 22.7. The van der Waals surface area contributed by atoms with Crippen LogP contribution in [0.1, 0.15) is 54.7 Å². The summed E-state index contributed by atoms with van der Waals surface area (Å²) in [6.45, 7) is 12.0. The summed E-state index contributed by atoms with van der Waals surface area (Å²) < 4.78 is 6.70. The fourth-order valence-electron chi connectivity index (χ4n) is 4.94. The molecule has 3 aromatic carbocycles. The number of nitrogens with one attached hydrogen (secondary N) is 1. The molecule has 0 atom stereocenters. The number of urea groups is 1. The largest absolute Gasteiger partial charge is 0.457 e. The number of hydrogen-bond donors (Lipinski definition) is 2. The number of fused-ring (bicyclic) bond motifs is 3. The zero-order chi connectivity index (χ0) is 27.2. The van der Waals surface area contributed by atoms with Crippen molar-refractivity contribution >= 4 is 23.3 Å². The highest BCUT2D eigenvalue weighted by Crippen LogP contribution is 2.37. The number of carbonyl (C=O) groups is 2. The number of anilines is 2. The third-order valence-corrected chi connectivity index (χ3v) is 7.03. The minimum Gasteiger partial charge on any atom is -0.457 e. The zero-order valence-corrected chi connectivity index (χ0v) is 22.7. The van der Waals surface area contributed by atoms with Crippen LogP contribution in [0.25, 0.3) is 0 Å². The van der Waals surface area contributed by atoms with E-state index >= 15 is 0 Å². The van der Waals surface area contributed by atoms with Crippen LogP contribution in [-0.4, -0.2) is 43.1 Å². The maximum atomic E-state index is 13.7. The number of benzene rings is 3. The lowest BCUT2D eigenvalue weighted by molar-refractivity contribution is 0.0667. The number of hydrazine groups is 1. The number of ether oxygens (including phenoxy) is 1. The van der Waals surface area contributed by atoms with Gasteiger partial charge >= 0.3 is 6.03 Å². The lowest BCUT2D eigenvalue weighted by atomic mass is 9.98. The number of primary amides is 1. The van der Waals surface area contributed by atoms with E-state index in [2.05, 4.69) is 61.1 Å². The topological polar surface area (TPSA) is 91.1 Å². The van der Waals surface area contributed by atoms with Crippen molar-refractivity contribution in [2.24, 2.45) is 5.73 Å². The van der Waals surface area contributed by atoms with E-state index in [1.807, 2.05) is 36.4 Å². The summed E-state index contributed by atoms with van der Waals surface area (Å²) in [5.41, 5.74) is 13.1. The molecule has 1 aliphatic rings. The molecule has 0 aliphatic carbocycles. The Hall–Kier alpha value is -4.20. The molecule has 0 saturated heterocycles. The first-order valence-corrected chi connectivity index (χ1v) is 13.3. The summed E-state index contributed by atoms with van der Waals surface area (Å²) >= 11 is 0. The molecule has 3 aromatic rings. The summed E-state index contributed by atoms with van der Waals surface area (Å²) in [7, 11) is 0. The minimum atomic E-state index is -0.805. The van der Waals surface area contributed by atoms with Crippen molar-refractivity contribution in [1.29, 1.82) is 0 Å². The van der Waals surface area contributed by atoms with Gasteiger partial charge in [-0.2, -0.15) is 0 Å². The van der Waals surface area contributed by atoms with E-state index in [4.69, 9.17) is 10.5 Å². The van der Waals surface area contributed by atoms with Crippen LogP contribution in [0.15, 0.2) is 60.7 Å². The third kappa shape index (κ3) is 5.69. The fourth-order valence-corrected chi connectivity index (χ4v) is 4.94. The Balaban J connectivity index is 1.93. The van der Waals surface area contributed by atoms with Gasteiger partial charge < -0.3 is 20.3 Å². The molecule has 38 heavy (non-hydrogen) atoms. The van der Waals surface area contributed by atoms with Crippen LogP contribution < -0.4 is 25.7 Å². The molecular weight excluding hydrogens is 478 g/mol. The van der Waals surface area contributed by atoms with Crippen LogP contribution in [-0.2, 0) is 13.0 Å². The molecule has 3 N–H and O–H groups in total. The van der Waals surface area contributed by atoms with Crippen LogP contribution in [0.5, 0.6) is 11.5 Å². The van der Waals surface area contributed by atoms with E-state index in [9.17, 15) is 9.59 Å². The fraction of sp³-hybridized carbons (Fsp3) is 0.333. The number of rotatable bonds is 7. The Morgan fingerprint density at radius 3 is 1.97 bits per heavy atom. The summed E-state index contributed by atoms with van der Waals surface area (Å²) in [4.78, 5) is 30.1. The van der Waals surface area contributed by atoms with Gasteiger partial charge in [-0.25, -0.2) is 15.2 Å². The first-order chi connectivity index (χ1) is 18.4. The molecule has 200 valence electrons. The molecule has 3 amide bonds. The van der Waals surface area contributed by atoms with Crippen molar-refractivity contribution in [3.63, 3.8) is 0 Å². The van der Waals surface area contributed by atoms with E-state index in [-0.39, 0.29) is 12.5 Å². The van der Waals surface area contributed by atoms with Gasteiger partial charge in [0.05, 0.1) is 6.54 Å². The highest BCUT2D eigenvalue weighted by atomic mass is 16.5. The van der Waals surface area contributed by atoms with Crippen molar-refractivity contribution in [3.8, 4) is 11.5 Å². The van der Waals surface area contributed by atoms with Crippen LogP contribution in [0.3, 0.4) is 0 Å². The number of hydrogen-bond acceptors (Lipinski definition) is 5. The van der Waals surface area contributed by atoms with E-state index in [1.165, 1.54) is 5.01 Å². The smallest absolute Gasteiger partial charge is 0.331 e. The molecular formula is C30H37N5O3. The average Bonchev–Trinajstić information content (AvgIpc) is 2.93. The normalized spacial score (nSPS) is 12.8. The van der Waals surface area contributed by atoms with Gasteiger partial charge in [0.2, 0.25) is 0 Å². The Kier molecular flexibility index (Phi) is 8.41. The first kappa shape index (κ1) is 26.9. The summed E-state index contributed by atoms with van der Waals surface area (Å²) in [5.74, 6) is 1.04. The maximum absolute atomic E-state index is 13.7. The van der Waals surface area contributed by atoms with Crippen LogP contribution in [0, 0.1) is 0 Å². The van der Waals surface area contributed by atoms with Crippen molar-refractivity contribution < 1.29 is 14.3 Å². The number of carbonyl (C=O) groups excluding carboxylic acids is 2. The van der Waals surface area contributed by atoms with Gasteiger partial charge in [-0.15, -0.1) is 0 Å². The molecule has 4 rings (SSSR count). The van der Waals surface area contributed by atoms with Crippen molar-refractivity contribution in [2.45, 2.75) is 40.7 Å². The van der Waals surface area contributed by atoms with Gasteiger partial charge in [0.25, 0.3) is 5.91 Å². The standard InChI is InChI=1S/C30H37N5O3/c1-5-33(6-2)24-15-13-22-17-21-11-9-10-12-26(21)29(36)35(32-30(31)37)20-23-14-16-25(34(7-3)8-4)19-28(23)38-27(22)18-24/h9-16,18-19H,5-8,17,20H2,1-4H3,(H3,31,32,37). The Labute approximate surface area is 224 Å². The third-order valence-electron chi connectivity index (χ3n) is 7.03. The van der Waals surface area contributed by atoms with Crippen LogP contribution in [0.2, 0.25) is 0 Å². The van der Waals surface area contributed by atoms with Crippen molar-refractivity contribution in [1.82, 2.24) is 10.4 Å². The molecule has 0 bridgehead atoms. The molecule has 1 aliphatic heterocycles. The monoisotopic (exact) mass is 515 g/mol. The molecule has 0 fully saturated rings. The first-order valence-electron chi connectivity index (χ1n) is 13.3. The van der Waals surface area contributed by atoms with E-state index < -0.39 is 6.03 Å². The molecule has 0 aromatic heterocycles. The summed E-state index contributed by atoms with van der Waals surface area (Å²) in [6, 6.07) is 18.9. The van der Waals surface area contributed by atoms with Crippen LogP contribution in [0.4, 0.5) is 16.2 Å². The average molecular weight is 516 g/mol. The van der Waals surface area contributed by atoms with Gasteiger partial charge in [-0.1, -0.05) is 30.3 Å². The lowest BCUT2D eigenvalue weighted by Crippen LogP contribution is -2.48. The highest BCUT2D eigenvalue weighted by molar-refractivity contribution is 5.96. The molecule has 0 unspecified atom stereocenters.